The smallest absolute Gasteiger partial charge is 0.209 e. The van der Waals surface area contributed by atoms with Crippen LogP contribution in [0.15, 0.2) is 54.6 Å². The van der Waals surface area contributed by atoms with Crippen LogP contribution in [0.1, 0.15) is 30.0 Å². The molecule has 1 aromatic heterocycles. The van der Waals surface area contributed by atoms with Gasteiger partial charge < -0.3 is 20.8 Å². The van der Waals surface area contributed by atoms with Gasteiger partial charge in [-0.15, -0.1) is 0 Å². The molecule has 2 aromatic carbocycles. The second-order valence-electron chi connectivity index (χ2n) is 7.54. The number of amides is 1. The second kappa shape index (κ2) is 8.95. The minimum atomic E-state index is -0.360. The number of nitrogens with zero attached hydrogens (tertiary/aromatic N) is 2. The third-order valence-electron chi connectivity index (χ3n) is 5.52. The molecule has 7 heteroatoms. The van der Waals surface area contributed by atoms with E-state index in [-0.39, 0.29) is 11.7 Å². The standard InChI is InChI=1S/C24H23FN4O2/c25-19-2-1-3-21(13-19)31-20-6-4-17(5-7-20)24-23(27)18(14-26)12-22(28-24)16-8-10-29(15-30)11-9-16/h1-7,12-16,26H,8-11,27H2. The van der Waals surface area contributed by atoms with Gasteiger partial charge in [0.25, 0.3) is 0 Å². The first kappa shape index (κ1) is 20.5. The molecule has 1 amide bonds. The van der Waals surface area contributed by atoms with Crippen molar-refractivity contribution in [2.75, 3.05) is 18.8 Å². The fraction of sp³-hybridized carbons (Fsp3) is 0.208. The maximum atomic E-state index is 13.4. The lowest BCUT2D eigenvalue weighted by molar-refractivity contribution is -0.119. The molecule has 158 valence electrons. The first-order chi connectivity index (χ1) is 15.1. The monoisotopic (exact) mass is 418 g/mol. The predicted octanol–water partition coefficient (Wildman–Crippen LogP) is 4.60. The summed E-state index contributed by atoms with van der Waals surface area (Å²) in [4.78, 5) is 17.6. The zero-order valence-electron chi connectivity index (χ0n) is 16.9. The van der Waals surface area contributed by atoms with E-state index in [1.807, 2.05) is 18.2 Å². The number of nitrogens with one attached hydrogen (secondary N) is 1. The van der Waals surface area contributed by atoms with E-state index < -0.39 is 0 Å². The Labute approximate surface area is 180 Å². The first-order valence-corrected chi connectivity index (χ1v) is 10.1. The van der Waals surface area contributed by atoms with E-state index >= 15 is 0 Å². The largest absolute Gasteiger partial charge is 0.457 e. The molecule has 0 atom stereocenters. The highest BCUT2D eigenvalue weighted by atomic mass is 19.1. The molecule has 1 fully saturated rings. The molecule has 4 rings (SSSR count). The lowest BCUT2D eigenvalue weighted by Gasteiger charge is -2.29. The number of halogens is 1. The van der Waals surface area contributed by atoms with E-state index in [1.54, 1.807) is 29.2 Å². The van der Waals surface area contributed by atoms with Crippen molar-refractivity contribution in [3.05, 3.63) is 71.7 Å². The molecule has 6 nitrogen and oxygen atoms in total. The molecule has 1 aliphatic rings. The molecule has 0 aliphatic carbocycles. The van der Waals surface area contributed by atoms with Gasteiger partial charge in [0.2, 0.25) is 6.41 Å². The maximum Gasteiger partial charge on any atom is 0.209 e. The van der Waals surface area contributed by atoms with Crippen LogP contribution >= 0.6 is 0 Å². The summed E-state index contributed by atoms with van der Waals surface area (Å²) in [5.74, 6) is 0.837. The van der Waals surface area contributed by atoms with E-state index in [2.05, 4.69) is 0 Å². The molecular weight excluding hydrogens is 395 g/mol. The van der Waals surface area contributed by atoms with Crippen molar-refractivity contribution in [3.8, 4) is 22.8 Å². The van der Waals surface area contributed by atoms with Crippen LogP contribution in [0.2, 0.25) is 0 Å². The summed E-state index contributed by atoms with van der Waals surface area (Å²) >= 11 is 0. The van der Waals surface area contributed by atoms with Crippen LogP contribution < -0.4 is 10.5 Å². The van der Waals surface area contributed by atoms with Gasteiger partial charge in [-0.3, -0.25) is 9.78 Å². The Morgan fingerprint density at radius 3 is 2.48 bits per heavy atom. The number of carbonyl (C=O) groups is 1. The van der Waals surface area contributed by atoms with Crippen molar-refractivity contribution in [2.45, 2.75) is 18.8 Å². The van der Waals surface area contributed by atoms with Gasteiger partial charge in [0, 0.05) is 48.1 Å². The highest BCUT2D eigenvalue weighted by Crippen LogP contribution is 2.34. The number of hydrogen-bond acceptors (Lipinski definition) is 5. The minimum Gasteiger partial charge on any atom is -0.457 e. The molecule has 3 N–H and O–H groups in total. The molecular formula is C24H23FN4O2. The lowest BCUT2D eigenvalue weighted by atomic mass is 9.91. The average molecular weight is 418 g/mol. The topological polar surface area (TPSA) is 92.3 Å². The van der Waals surface area contributed by atoms with E-state index in [0.717, 1.165) is 30.5 Å². The number of hydrogen-bond donors (Lipinski definition) is 2. The Kier molecular flexibility index (Phi) is 5.93. The molecule has 2 heterocycles. The molecule has 31 heavy (non-hydrogen) atoms. The molecule has 0 saturated carbocycles. The SMILES string of the molecule is N=Cc1cc(C2CCN(C=O)CC2)nc(-c2ccc(Oc3cccc(F)c3)cc2)c1N. The normalized spacial score (nSPS) is 14.3. The van der Waals surface area contributed by atoms with Crippen molar-refractivity contribution < 1.29 is 13.9 Å². The van der Waals surface area contributed by atoms with Gasteiger partial charge >= 0.3 is 0 Å². The summed E-state index contributed by atoms with van der Waals surface area (Å²) < 4.78 is 19.1. The van der Waals surface area contributed by atoms with Crippen molar-refractivity contribution in [3.63, 3.8) is 0 Å². The Hall–Kier alpha value is -3.74. The number of anilines is 1. The number of nitrogen functional groups attached to an aromatic ring is 1. The van der Waals surface area contributed by atoms with Crippen LogP contribution in [-0.2, 0) is 4.79 Å². The van der Waals surface area contributed by atoms with Crippen LogP contribution in [0.4, 0.5) is 10.1 Å². The molecule has 0 bridgehead atoms. The minimum absolute atomic E-state index is 0.213. The summed E-state index contributed by atoms with van der Waals surface area (Å²) in [7, 11) is 0. The van der Waals surface area contributed by atoms with E-state index in [4.69, 9.17) is 20.9 Å². The molecule has 0 radical (unpaired) electrons. The Balaban J connectivity index is 1.61. The second-order valence-corrected chi connectivity index (χ2v) is 7.54. The van der Waals surface area contributed by atoms with Crippen LogP contribution in [0.3, 0.4) is 0 Å². The van der Waals surface area contributed by atoms with Gasteiger partial charge in [-0.05, 0) is 55.3 Å². The third-order valence-corrected chi connectivity index (χ3v) is 5.52. The number of aromatic nitrogens is 1. The summed E-state index contributed by atoms with van der Waals surface area (Å²) in [5, 5.41) is 7.75. The summed E-state index contributed by atoms with van der Waals surface area (Å²) in [6.07, 6.45) is 3.78. The van der Waals surface area contributed by atoms with Gasteiger partial charge in [0.1, 0.15) is 17.3 Å². The fourth-order valence-electron chi connectivity index (χ4n) is 3.79. The van der Waals surface area contributed by atoms with E-state index in [1.165, 1.54) is 18.3 Å². The maximum absolute atomic E-state index is 13.4. The molecule has 1 aliphatic heterocycles. The zero-order chi connectivity index (χ0) is 21.8. The van der Waals surface area contributed by atoms with Crippen LogP contribution in [0, 0.1) is 11.2 Å². The van der Waals surface area contributed by atoms with Crippen molar-refractivity contribution in [2.24, 2.45) is 0 Å². The molecule has 3 aromatic rings. The highest BCUT2D eigenvalue weighted by Gasteiger charge is 2.23. The number of rotatable bonds is 6. The number of likely N-dealkylation sites (tertiary alicyclic amines) is 1. The number of ether oxygens (including phenoxy) is 1. The van der Waals surface area contributed by atoms with Crippen LogP contribution in [0.5, 0.6) is 11.5 Å². The van der Waals surface area contributed by atoms with Crippen LogP contribution in [0.25, 0.3) is 11.3 Å². The Bertz CT molecular complexity index is 1090. The number of benzene rings is 2. The average Bonchev–Trinajstić information content (AvgIpc) is 2.80. The lowest BCUT2D eigenvalue weighted by Crippen LogP contribution is -2.32. The molecule has 0 spiro atoms. The predicted molar refractivity (Wildman–Crippen MR) is 118 cm³/mol. The quantitative estimate of drug-likeness (QED) is 0.452. The van der Waals surface area contributed by atoms with Gasteiger partial charge in [0.15, 0.2) is 0 Å². The summed E-state index contributed by atoms with van der Waals surface area (Å²) in [5.41, 5.74) is 9.68. The fourth-order valence-corrected chi connectivity index (χ4v) is 3.79. The molecule has 1 saturated heterocycles. The van der Waals surface area contributed by atoms with Crippen molar-refractivity contribution in [1.82, 2.24) is 9.88 Å². The Morgan fingerprint density at radius 1 is 1.10 bits per heavy atom. The van der Waals surface area contributed by atoms with Crippen molar-refractivity contribution >= 4 is 18.3 Å². The van der Waals surface area contributed by atoms with E-state index in [0.29, 0.717) is 41.5 Å². The number of nitrogens with two attached hydrogens (primary N) is 1. The number of piperidine rings is 1. The molecule has 0 unspecified atom stereocenters. The van der Waals surface area contributed by atoms with E-state index in [9.17, 15) is 9.18 Å². The Morgan fingerprint density at radius 2 is 1.84 bits per heavy atom. The third kappa shape index (κ3) is 4.55. The van der Waals surface area contributed by atoms with Gasteiger partial charge in [-0.25, -0.2) is 4.39 Å². The highest BCUT2D eigenvalue weighted by molar-refractivity contribution is 5.91. The number of carbonyl (C=O) groups excluding carboxylic acids is 1. The first-order valence-electron chi connectivity index (χ1n) is 10.1. The number of pyridine rings is 1. The summed E-state index contributed by atoms with van der Waals surface area (Å²) in [6.45, 7) is 1.39. The van der Waals surface area contributed by atoms with Gasteiger partial charge in [-0.2, -0.15) is 0 Å². The van der Waals surface area contributed by atoms with Crippen LogP contribution in [-0.4, -0.2) is 35.6 Å². The summed E-state index contributed by atoms with van der Waals surface area (Å²) in [6, 6.07) is 15.1. The van der Waals surface area contributed by atoms with Gasteiger partial charge in [-0.1, -0.05) is 6.07 Å². The zero-order valence-corrected chi connectivity index (χ0v) is 16.9. The van der Waals surface area contributed by atoms with Crippen molar-refractivity contribution in [1.29, 1.82) is 5.41 Å². The van der Waals surface area contributed by atoms with Gasteiger partial charge in [0.05, 0.1) is 11.4 Å².